The van der Waals surface area contributed by atoms with E-state index < -0.39 is 0 Å². The van der Waals surface area contributed by atoms with Crippen LogP contribution in [0, 0.1) is 0 Å². The first-order valence-corrected chi connectivity index (χ1v) is 9.89. The van der Waals surface area contributed by atoms with Gasteiger partial charge in [-0.3, -0.25) is 9.69 Å². The highest BCUT2D eigenvalue weighted by Gasteiger charge is 2.27. The first-order chi connectivity index (χ1) is 12.3. The molecule has 2 fully saturated rings. The molecule has 1 saturated carbocycles. The second-order valence-corrected chi connectivity index (χ2v) is 7.29. The molecule has 1 aliphatic heterocycles. The van der Waals surface area contributed by atoms with Crippen molar-refractivity contribution in [1.29, 1.82) is 0 Å². The van der Waals surface area contributed by atoms with E-state index in [-0.39, 0.29) is 11.9 Å². The normalized spacial score (nSPS) is 22.0. The molecule has 2 heterocycles. The topological polar surface area (TPSA) is 54.5 Å². The van der Waals surface area contributed by atoms with Crippen molar-refractivity contribution in [3.05, 3.63) is 23.9 Å². The molecule has 0 spiro atoms. The molecule has 2 aliphatic rings. The second-order valence-electron chi connectivity index (χ2n) is 7.29. The zero-order valence-corrected chi connectivity index (χ0v) is 15.4. The molecular formula is C20H31N3O2. The van der Waals surface area contributed by atoms with E-state index in [1.807, 2.05) is 18.3 Å². The summed E-state index contributed by atoms with van der Waals surface area (Å²) in [5, 5.41) is 3.09. The summed E-state index contributed by atoms with van der Waals surface area (Å²) < 4.78 is 5.89. The Kier molecular flexibility index (Phi) is 6.68. The molecule has 0 aromatic carbocycles. The lowest BCUT2D eigenvalue weighted by molar-refractivity contribution is -0.127. The Labute approximate surface area is 151 Å². The molecule has 1 unspecified atom stereocenters. The van der Waals surface area contributed by atoms with Crippen LogP contribution in [-0.4, -0.2) is 41.0 Å². The molecule has 5 nitrogen and oxygen atoms in total. The lowest BCUT2D eigenvalue weighted by Crippen LogP contribution is -2.49. The summed E-state index contributed by atoms with van der Waals surface area (Å²) in [7, 11) is 0. The van der Waals surface area contributed by atoms with E-state index in [4.69, 9.17) is 4.74 Å². The molecule has 138 valence electrons. The van der Waals surface area contributed by atoms with Crippen LogP contribution in [0.5, 0.6) is 5.88 Å². The maximum absolute atomic E-state index is 12.6. The van der Waals surface area contributed by atoms with Crippen LogP contribution in [-0.2, 0) is 11.3 Å². The van der Waals surface area contributed by atoms with Gasteiger partial charge in [0.2, 0.25) is 11.8 Å². The Balaban J connectivity index is 1.47. The van der Waals surface area contributed by atoms with Gasteiger partial charge in [-0.2, -0.15) is 0 Å². The van der Waals surface area contributed by atoms with Gasteiger partial charge in [0, 0.05) is 18.8 Å². The monoisotopic (exact) mass is 345 g/mol. The summed E-state index contributed by atoms with van der Waals surface area (Å²) >= 11 is 0. The number of aromatic nitrogens is 1. The molecule has 1 aliphatic carbocycles. The van der Waals surface area contributed by atoms with Crippen LogP contribution in [0.15, 0.2) is 18.3 Å². The maximum atomic E-state index is 12.6. The van der Waals surface area contributed by atoms with Crippen LogP contribution in [0.2, 0.25) is 0 Å². The molecule has 0 radical (unpaired) electrons. The van der Waals surface area contributed by atoms with Gasteiger partial charge < -0.3 is 10.1 Å². The largest absolute Gasteiger partial charge is 0.474 e. The van der Waals surface area contributed by atoms with Crippen molar-refractivity contribution in [3.8, 4) is 5.88 Å². The molecular weight excluding hydrogens is 314 g/mol. The molecule has 3 rings (SSSR count). The number of likely N-dealkylation sites (tertiary alicyclic amines) is 1. The lowest BCUT2D eigenvalue weighted by atomic mass is 10.0. The minimum absolute atomic E-state index is 0.0339. The van der Waals surface area contributed by atoms with Crippen molar-refractivity contribution in [3.63, 3.8) is 0 Å². The third-order valence-electron chi connectivity index (χ3n) is 5.28. The van der Waals surface area contributed by atoms with Gasteiger partial charge in [0.15, 0.2) is 0 Å². The molecule has 5 heteroatoms. The van der Waals surface area contributed by atoms with Gasteiger partial charge in [-0.05, 0) is 63.6 Å². The van der Waals surface area contributed by atoms with Crippen molar-refractivity contribution in [2.24, 2.45) is 0 Å². The predicted octanol–water partition coefficient (Wildman–Crippen LogP) is 3.28. The van der Waals surface area contributed by atoms with Gasteiger partial charge >= 0.3 is 0 Å². The Hall–Kier alpha value is -1.62. The van der Waals surface area contributed by atoms with Gasteiger partial charge in [-0.15, -0.1) is 0 Å². The van der Waals surface area contributed by atoms with Gasteiger partial charge in [-0.25, -0.2) is 4.98 Å². The summed E-state index contributed by atoms with van der Waals surface area (Å²) in [6, 6.07) is 3.96. The summed E-state index contributed by atoms with van der Waals surface area (Å²) in [6.45, 7) is 4.75. The van der Waals surface area contributed by atoms with Crippen LogP contribution in [0.25, 0.3) is 0 Å². The van der Waals surface area contributed by atoms with Gasteiger partial charge in [0.05, 0.1) is 6.04 Å². The van der Waals surface area contributed by atoms with Gasteiger partial charge in [-0.1, -0.05) is 19.4 Å². The molecule has 1 saturated heterocycles. The average molecular weight is 345 g/mol. The standard InChI is InChI=1S/C20H31N3O2/c1-2-12-23-13-6-5-9-18(23)20(24)22-15-16-10-11-19(21-14-16)25-17-7-3-4-8-17/h10-11,14,17-18H,2-9,12-13,15H2,1H3,(H,22,24). The van der Waals surface area contributed by atoms with E-state index in [0.29, 0.717) is 18.5 Å². The van der Waals surface area contributed by atoms with Crippen molar-refractivity contribution < 1.29 is 9.53 Å². The SMILES string of the molecule is CCCN1CCCCC1C(=O)NCc1ccc(OC2CCCC2)nc1. The first kappa shape index (κ1) is 18.2. The Morgan fingerprint density at radius 3 is 2.76 bits per heavy atom. The summed E-state index contributed by atoms with van der Waals surface area (Å²) in [6.07, 6.45) is 11.3. The van der Waals surface area contributed by atoms with Gasteiger partial charge in [0.1, 0.15) is 6.10 Å². The molecule has 1 N–H and O–H groups in total. The first-order valence-electron chi connectivity index (χ1n) is 9.89. The van der Waals surface area contributed by atoms with E-state index in [9.17, 15) is 4.79 Å². The third kappa shape index (κ3) is 5.18. The van der Waals surface area contributed by atoms with Crippen LogP contribution in [0.1, 0.15) is 63.9 Å². The van der Waals surface area contributed by atoms with Crippen LogP contribution >= 0.6 is 0 Å². The van der Waals surface area contributed by atoms with Crippen molar-refractivity contribution in [1.82, 2.24) is 15.2 Å². The lowest BCUT2D eigenvalue weighted by Gasteiger charge is -2.34. The fourth-order valence-corrected chi connectivity index (χ4v) is 3.91. The van der Waals surface area contributed by atoms with Crippen molar-refractivity contribution >= 4 is 5.91 Å². The quantitative estimate of drug-likeness (QED) is 0.824. The number of amides is 1. The van der Waals surface area contributed by atoms with E-state index >= 15 is 0 Å². The Bertz CT molecular complexity index is 538. The van der Waals surface area contributed by atoms with E-state index in [1.54, 1.807) is 0 Å². The molecule has 1 aromatic heterocycles. The van der Waals surface area contributed by atoms with Crippen LogP contribution in [0.4, 0.5) is 0 Å². The molecule has 1 aromatic rings. The number of rotatable bonds is 7. The third-order valence-corrected chi connectivity index (χ3v) is 5.28. The minimum Gasteiger partial charge on any atom is -0.474 e. The van der Waals surface area contributed by atoms with E-state index in [0.717, 1.165) is 50.8 Å². The average Bonchev–Trinajstić information content (AvgIpc) is 3.15. The maximum Gasteiger partial charge on any atom is 0.237 e. The minimum atomic E-state index is 0.0339. The van der Waals surface area contributed by atoms with E-state index in [2.05, 4.69) is 22.1 Å². The summed E-state index contributed by atoms with van der Waals surface area (Å²) in [5.41, 5.74) is 1.02. The zero-order valence-electron chi connectivity index (χ0n) is 15.4. The van der Waals surface area contributed by atoms with E-state index in [1.165, 1.54) is 19.3 Å². The number of carbonyl (C=O) groups is 1. The highest BCUT2D eigenvalue weighted by atomic mass is 16.5. The molecule has 0 bridgehead atoms. The fourth-order valence-electron chi connectivity index (χ4n) is 3.91. The molecule has 1 atom stereocenters. The molecule has 25 heavy (non-hydrogen) atoms. The highest BCUT2D eigenvalue weighted by Crippen LogP contribution is 2.23. The predicted molar refractivity (Wildman–Crippen MR) is 98.5 cm³/mol. The van der Waals surface area contributed by atoms with Crippen LogP contribution < -0.4 is 10.1 Å². The number of pyridine rings is 1. The Morgan fingerprint density at radius 1 is 1.24 bits per heavy atom. The number of piperidine rings is 1. The van der Waals surface area contributed by atoms with Crippen molar-refractivity contribution in [2.75, 3.05) is 13.1 Å². The number of hydrogen-bond acceptors (Lipinski definition) is 4. The number of nitrogens with one attached hydrogen (secondary N) is 1. The number of nitrogens with zero attached hydrogens (tertiary/aromatic N) is 2. The van der Waals surface area contributed by atoms with Gasteiger partial charge in [0.25, 0.3) is 0 Å². The fraction of sp³-hybridized carbons (Fsp3) is 0.700. The zero-order chi connectivity index (χ0) is 17.5. The van der Waals surface area contributed by atoms with Crippen molar-refractivity contribution in [2.45, 2.75) is 77.0 Å². The summed E-state index contributed by atoms with van der Waals surface area (Å²) in [4.78, 5) is 19.3. The summed E-state index contributed by atoms with van der Waals surface area (Å²) in [5.74, 6) is 0.850. The number of carbonyl (C=O) groups excluding carboxylic acids is 1. The number of ether oxygens (including phenoxy) is 1. The molecule has 1 amide bonds. The highest BCUT2D eigenvalue weighted by molar-refractivity contribution is 5.81. The Morgan fingerprint density at radius 2 is 2.04 bits per heavy atom. The number of hydrogen-bond donors (Lipinski definition) is 1. The smallest absolute Gasteiger partial charge is 0.237 e. The van der Waals surface area contributed by atoms with Crippen LogP contribution in [0.3, 0.4) is 0 Å². The second kappa shape index (κ2) is 9.18.